The molecule has 0 aromatic carbocycles. The third-order valence-corrected chi connectivity index (χ3v) is 4.32. The highest BCUT2D eigenvalue weighted by molar-refractivity contribution is 6.17. The van der Waals surface area contributed by atoms with Crippen molar-refractivity contribution in [2.75, 3.05) is 38.9 Å². The van der Waals surface area contributed by atoms with E-state index in [1.165, 1.54) is 6.42 Å². The molecule has 0 aromatic heterocycles. The second kappa shape index (κ2) is 16.7. The third kappa shape index (κ3) is 14.1. The van der Waals surface area contributed by atoms with E-state index >= 15 is 0 Å². The molecule has 1 N–H and O–H groups in total. The van der Waals surface area contributed by atoms with Crippen LogP contribution < -0.4 is 5.32 Å². The van der Waals surface area contributed by atoms with Gasteiger partial charge in [0.25, 0.3) is 0 Å². The topological polar surface area (TPSA) is 56.8 Å². The zero-order valence-electron chi connectivity index (χ0n) is 15.3. The molecule has 0 saturated heterocycles. The molecule has 0 aliphatic heterocycles. The van der Waals surface area contributed by atoms with Crippen LogP contribution in [-0.2, 0) is 14.2 Å². The van der Waals surface area contributed by atoms with Crippen molar-refractivity contribution in [1.82, 2.24) is 5.32 Å². The molecular formula is C19H34ClNO4. The van der Waals surface area contributed by atoms with Crippen molar-refractivity contribution in [1.29, 1.82) is 0 Å². The van der Waals surface area contributed by atoms with Gasteiger partial charge in [-0.2, -0.15) is 0 Å². The molecule has 0 radical (unpaired) electrons. The summed E-state index contributed by atoms with van der Waals surface area (Å²) in [4.78, 5) is 11.8. The molecule has 0 fully saturated rings. The predicted octanol–water partition coefficient (Wildman–Crippen LogP) is 4.43. The number of unbranched alkanes of at least 4 members (excludes halogenated alkanes) is 3. The van der Waals surface area contributed by atoms with E-state index in [9.17, 15) is 4.79 Å². The molecule has 5 nitrogen and oxygen atoms in total. The highest BCUT2D eigenvalue weighted by Crippen LogP contribution is 2.15. The van der Waals surface area contributed by atoms with E-state index in [0.717, 1.165) is 63.9 Å². The van der Waals surface area contributed by atoms with Gasteiger partial charge < -0.3 is 19.5 Å². The lowest BCUT2D eigenvalue weighted by Gasteiger charge is -2.18. The number of allylic oxidation sites excluding steroid dienone is 2. The molecule has 1 atom stereocenters. The summed E-state index contributed by atoms with van der Waals surface area (Å²) in [5.41, 5.74) is 0. The normalized spacial score (nSPS) is 19.0. The minimum Gasteiger partial charge on any atom is -0.446 e. The van der Waals surface area contributed by atoms with Gasteiger partial charge in [0.15, 0.2) is 0 Å². The number of carbonyl (C=O) groups excluding carboxylic acids is 1. The van der Waals surface area contributed by atoms with Crippen molar-refractivity contribution in [3.8, 4) is 0 Å². The van der Waals surface area contributed by atoms with Gasteiger partial charge in [0, 0.05) is 19.0 Å². The fourth-order valence-corrected chi connectivity index (χ4v) is 2.82. The smallest absolute Gasteiger partial charge is 0.407 e. The summed E-state index contributed by atoms with van der Waals surface area (Å²) in [5.74, 6) is 0.744. The SMILES string of the molecule is O=C(NCCOCCOCCCCCCCl)OC1CC/C=C\CCC1. The molecular weight excluding hydrogens is 342 g/mol. The Hall–Kier alpha value is -0.780. The van der Waals surface area contributed by atoms with Crippen LogP contribution in [0, 0.1) is 0 Å². The van der Waals surface area contributed by atoms with Gasteiger partial charge in [-0.3, -0.25) is 0 Å². The fraction of sp³-hybridized carbons (Fsp3) is 0.842. The average Bonchev–Trinajstić information content (AvgIpc) is 2.58. The van der Waals surface area contributed by atoms with E-state index in [1.807, 2.05) is 0 Å². The van der Waals surface area contributed by atoms with E-state index in [2.05, 4.69) is 17.5 Å². The van der Waals surface area contributed by atoms with Gasteiger partial charge in [0.2, 0.25) is 0 Å². The van der Waals surface area contributed by atoms with Gasteiger partial charge in [0.05, 0.1) is 19.8 Å². The monoisotopic (exact) mass is 375 g/mol. The van der Waals surface area contributed by atoms with E-state index < -0.39 is 0 Å². The first kappa shape index (κ1) is 22.3. The number of nitrogens with one attached hydrogen (secondary N) is 1. The minimum atomic E-state index is -0.341. The quantitative estimate of drug-likeness (QED) is 0.294. The maximum atomic E-state index is 11.8. The molecule has 1 amide bonds. The van der Waals surface area contributed by atoms with E-state index in [1.54, 1.807) is 0 Å². The van der Waals surface area contributed by atoms with Crippen LogP contribution in [-0.4, -0.2) is 51.0 Å². The number of alkyl carbamates (subject to hydrolysis) is 1. The standard InChI is InChI=1S/C19H34ClNO4/c20-12-8-4-5-9-14-23-16-17-24-15-13-21-19(22)25-18-10-6-2-1-3-7-11-18/h1-2,18H,3-17H2,(H,21,22)/b2-1-. The zero-order valence-corrected chi connectivity index (χ0v) is 16.1. The molecule has 1 aliphatic rings. The highest BCUT2D eigenvalue weighted by atomic mass is 35.5. The third-order valence-electron chi connectivity index (χ3n) is 4.05. The molecule has 0 aromatic rings. The molecule has 0 spiro atoms. The lowest BCUT2D eigenvalue weighted by Crippen LogP contribution is -2.31. The Morgan fingerprint density at radius 1 is 0.960 bits per heavy atom. The van der Waals surface area contributed by atoms with Gasteiger partial charge in [0.1, 0.15) is 6.10 Å². The minimum absolute atomic E-state index is 0.0312. The number of alkyl halides is 1. The van der Waals surface area contributed by atoms with Crippen LogP contribution in [0.15, 0.2) is 12.2 Å². The highest BCUT2D eigenvalue weighted by Gasteiger charge is 2.14. The summed E-state index contributed by atoms with van der Waals surface area (Å²) in [5, 5.41) is 2.74. The summed E-state index contributed by atoms with van der Waals surface area (Å²) < 4.78 is 16.4. The van der Waals surface area contributed by atoms with Gasteiger partial charge in [-0.05, 0) is 44.9 Å². The number of carbonyl (C=O) groups is 1. The Balaban J connectivity index is 1.85. The van der Waals surface area contributed by atoms with Crippen LogP contribution in [0.3, 0.4) is 0 Å². The summed E-state index contributed by atoms with van der Waals surface area (Å²) in [6.07, 6.45) is 13.5. The molecule has 146 valence electrons. The first-order valence-electron chi connectivity index (χ1n) is 9.64. The number of halogens is 1. The molecule has 1 rings (SSSR count). The Bertz CT molecular complexity index is 352. The van der Waals surface area contributed by atoms with Gasteiger partial charge >= 0.3 is 6.09 Å². The largest absolute Gasteiger partial charge is 0.446 e. The Labute approximate surface area is 157 Å². The number of hydrogen-bond acceptors (Lipinski definition) is 4. The first-order valence-corrected chi connectivity index (χ1v) is 10.2. The first-order chi connectivity index (χ1) is 12.3. The van der Waals surface area contributed by atoms with Crippen LogP contribution in [0.5, 0.6) is 0 Å². The van der Waals surface area contributed by atoms with Crippen LogP contribution in [0.4, 0.5) is 4.79 Å². The van der Waals surface area contributed by atoms with Crippen molar-refractivity contribution in [3.05, 3.63) is 12.2 Å². The lowest BCUT2D eigenvalue weighted by atomic mass is 10.0. The van der Waals surface area contributed by atoms with Gasteiger partial charge in [-0.1, -0.05) is 25.0 Å². The van der Waals surface area contributed by atoms with Crippen molar-refractivity contribution in [3.63, 3.8) is 0 Å². The van der Waals surface area contributed by atoms with Crippen molar-refractivity contribution < 1.29 is 19.0 Å². The Morgan fingerprint density at radius 2 is 1.72 bits per heavy atom. The van der Waals surface area contributed by atoms with Gasteiger partial charge in [-0.15, -0.1) is 11.6 Å². The van der Waals surface area contributed by atoms with Crippen molar-refractivity contribution in [2.24, 2.45) is 0 Å². The molecule has 6 heteroatoms. The van der Waals surface area contributed by atoms with Crippen LogP contribution in [0.1, 0.15) is 57.8 Å². The second-order valence-corrected chi connectivity index (χ2v) is 6.64. The van der Waals surface area contributed by atoms with Crippen molar-refractivity contribution >= 4 is 17.7 Å². The fourth-order valence-electron chi connectivity index (χ4n) is 2.64. The Kier molecular flexibility index (Phi) is 14.8. The molecule has 0 saturated carbocycles. The van der Waals surface area contributed by atoms with E-state index in [4.69, 9.17) is 25.8 Å². The average molecular weight is 376 g/mol. The number of hydrogen-bond donors (Lipinski definition) is 1. The second-order valence-electron chi connectivity index (χ2n) is 6.26. The van der Waals surface area contributed by atoms with E-state index in [-0.39, 0.29) is 12.2 Å². The van der Waals surface area contributed by atoms with Crippen LogP contribution >= 0.6 is 11.6 Å². The molecule has 1 unspecified atom stereocenters. The lowest BCUT2D eigenvalue weighted by molar-refractivity contribution is 0.0451. The molecule has 0 bridgehead atoms. The molecule has 25 heavy (non-hydrogen) atoms. The van der Waals surface area contributed by atoms with Gasteiger partial charge in [-0.25, -0.2) is 4.79 Å². The Morgan fingerprint density at radius 3 is 2.56 bits per heavy atom. The maximum absolute atomic E-state index is 11.8. The summed E-state index contributed by atoms with van der Waals surface area (Å²) in [6.45, 7) is 2.85. The van der Waals surface area contributed by atoms with Crippen molar-refractivity contribution in [2.45, 2.75) is 63.9 Å². The van der Waals surface area contributed by atoms with Crippen LogP contribution in [0.25, 0.3) is 0 Å². The summed E-state index contributed by atoms with van der Waals surface area (Å²) in [6, 6.07) is 0. The van der Waals surface area contributed by atoms with E-state index in [0.29, 0.717) is 26.4 Å². The van der Waals surface area contributed by atoms with Crippen LogP contribution in [0.2, 0.25) is 0 Å². The zero-order chi connectivity index (χ0) is 18.0. The molecule has 1 aliphatic carbocycles. The summed E-state index contributed by atoms with van der Waals surface area (Å²) >= 11 is 5.62. The number of ether oxygens (including phenoxy) is 3. The predicted molar refractivity (Wildman–Crippen MR) is 101 cm³/mol. The maximum Gasteiger partial charge on any atom is 0.407 e. The number of rotatable bonds is 13. The molecule has 0 heterocycles. The number of amides is 1. The summed E-state index contributed by atoms with van der Waals surface area (Å²) in [7, 11) is 0.